The van der Waals surface area contributed by atoms with Gasteiger partial charge in [0, 0.05) is 211 Å². The lowest BCUT2D eigenvalue weighted by atomic mass is 9.95. The summed E-state index contributed by atoms with van der Waals surface area (Å²) in [6, 6.07) is 30.7. The van der Waals surface area contributed by atoms with Gasteiger partial charge in [-0.1, -0.05) is 89.4 Å². The second-order valence-electron chi connectivity index (χ2n) is 32.7. The zero-order chi connectivity index (χ0) is 95.2. The van der Waals surface area contributed by atoms with E-state index >= 15 is 0 Å². The molecule has 7 N–H and O–H groups in total. The van der Waals surface area contributed by atoms with Gasteiger partial charge < -0.3 is 60.8 Å². The molecular weight excluding hydrogens is 1870 g/mol. The molecule has 6 aromatic carbocycles. The summed E-state index contributed by atoms with van der Waals surface area (Å²) in [7, 11) is 3.89. The van der Waals surface area contributed by atoms with Crippen molar-refractivity contribution in [3.05, 3.63) is 283 Å². The third kappa shape index (κ3) is 21.1. The standard InChI is InChI=1S/C31H31ClFN7O4S.C31H30ClFN6O5S.C31H28ClFN6O5S/c1-44-30(42)26-24(36-28(29-35-10-13-45-29)37-27(26)22-8-5-19(33)14-23(22)32)17-38-11-12-39-21(15-38)16-40(31(39)43)20-6-2-18(3-7-20)4-9-25(34)41;1-17(29(40)41)18-3-6-20(7-4-18)39-15-21-14-37(10-11-38(21)31(39)43)16-24-25(30(42)44-2)26(22-8-5-19(33)13-23(22)32)36-27(35-24)28-34-9-12-45-28;1-44-30(42)26-24(35-28(29-34-10-13-45-29)36-27(26)22-8-5-19(33)14-23(22)32)17-37-11-12-38-21(15-37)16-39(31(38)43)20-6-2-18(3-7-20)4-9-25(40)41/h2-3,5-8,10,13-14,21,27H,4,9,11-12,15-17H2,1H3,(H2,34,41)(H,36,37);3-9,12-13,17,21,26H,10-11,14-16H2,1-2H3,(H,35,36)(H,40,41);2-10,13-14,21,27H,11-12,15-17H2,1H3,(H,35,36)(H,40,41)/b;;9-4+/t21-,27-;17?,21-,26-;21-,27-/m000/s1. The molecule has 9 aromatic rings. The Balaban J connectivity index is 0.000000147. The number of ether oxygens (including phenoxy) is 3. The highest BCUT2D eigenvalue weighted by molar-refractivity contribution is 7.12. The van der Waals surface area contributed by atoms with E-state index in [4.69, 9.17) is 74.8 Å². The monoisotopic (exact) mass is 1950 g/mol. The van der Waals surface area contributed by atoms with Gasteiger partial charge in [0.2, 0.25) is 5.91 Å². The Morgan fingerprint density at radius 3 is 1.11 bits per heavy atom. The molecule has 9 aliphatic heterocycles. The molecule has 700 valence electrons. The first-order chi connectivity index (χ1) is 65.1. The van der Waals surface area contributed by atoms with Crippen LogP contribution in [0.4, 0.5) is 44.6 Å². The van der Waals surface area contributed by atoms with Gasteiger partial charge in [0.15, 0.2) is 32.5 Å². The van der Waals surface area contributed by atoms with Crippen molar-refractivity contribution in [1.29, 1.82) is 0 Å². The number of carboxylic acid groups (broad SMARTS) is 2. The summed E-state index contributed by atoms with van der Waals surface area (Å²) >= 11 is 23.6. The number of piperazine rings is 3. The number of nitrogens with one attached hydrogen (secondary N) is 3. The molecule has 3 aromatic heterocycles. The van der Waals surface area contributed by atoms with Crippen molar-refractivity contribution in [3.8, 4) is 0 Å². The molecule has 6 fully saturated rings. The van der Waals surface area contributed by atoms with Crippen molar-refractivity contribution in [3.63, 3.8) is 0 Å². The summed E-state index contributed by atoms with van der Waals surface area (Å²) in [6.07, 6.45) is 8.36. The van der Waals surface area contributed by atoms with E-state index < -0.39 is 71.3 Å². The summed E-state index contributed by atoms with van der Waals surface area (Å²) in [6.45, 7) is 8.88. The van der Waals surface area contributed by atoms with Crippen molar-refractivity contribution in [2.45, 2.75) is 61.9 Å². The Morgan fingerprint density at radius 1 is 0.481 bits per heavy atom. The van der Waals surface area contributed by atoms with Crippen molar-refractivity contribution in [1.82, 2.24) is 60.3 Å². The number of nitrogens with zero attached hydrogens (tertiary/aromatic N) is 15. The van der Waals surface area contributed by atoms with E-state index in [0.29, 0.717) is 188 Å². The zero-order valence-corrected chi connectivity index (χ0v) is 77.6. The molecule has 0 spiro atoms. The maximum Gasteiger partial charge on any atom is 0.338 e. The first-order valence-electron chi connectivity index (χ1n) is 42.7. The number of carbonyl (C=O) groups is 9. The van der Waals surface area contributed by atoms with Crippen LogP contribution in [0, 0.1) is 17.5 Å². The number of halogens is 6. The minimum Gasteiger partial charge on any atom is -0.481 e. The number of hydrogen-bond acceptors (Lipinski definition) is 27. The number of rotatable bonds is 25. The van der Waals surface area contributed by atoms with Crippen molar-refractivity contribution < 1.29 is 80.7 Å². The van der Waals surface area contributed by atoms with Crippen LogP contribution in [-0.2, 0) is 49.4 Å². The topological polar surface area (TPSA) is 389 Å². The molecule has 0 aliphatic carbocycles. The van der Waals surface area contributed by atoms with Crippen molar-refractivity contribution in [2.24, 2.45) is 20.7 Å². The number of amides is 7. The molecule has 7 atom stereocenters. The van der Waals surface area contributed by atoms with Gasteiger partial charge in [-0.2, -0.15) is 0 Å². The van der Waals surface area contributed by atoms with E-state index in [0.717, 1.165) is 23.0 Å². The maximum absolute atomic E-state index is 14.0. The highest BCUT2D eigenvalue weighted by atomic mass is 35.5. The Morgan fingerprint density at radius 2 is 0.815 bits per heavy atom. The van der Waals surface area contributed by atoms with Gasteiger partial charge in [-0.05, 0) is 109 Å². The van der Waals surface area contributed by atoms with Crippen LogP contribution in [0.2, 0.25) is 15.1 Å². The molecule has 0 radical (unpaired) electrons. The number of fused-ring (bicyclic) bond motifs is 3. The molecule has 9 aliphatic rings. The van der Waals surface area contributed by atoms with Crippen molar-refractivity contribution in [2.75, 3.05) is 134 Å². The second-order valence-corrected chi connectivity index (χ2v) is 36.6. The predicted molar refractivity (Wildman–Crippen MR) is 504 cm³/mol. The number of aromatic nitrogens is 3. The summed E-state index contributed by atoms with van der Waals surface area (Å²) in [5.41, 5.74) is 13.7. The molecule has 42 heteroatoms. The molecule has 33 nitrogen and oxygen atoms in total. The highest BCUT2D eigenvalue weighted by Gasteiger charge is 2.47. The molecule has 135 heavy (non-hydrogen) atoms. The average Bonchev–Trinajstić information content (AvgIpc) is 1.77. The molecule has 6 saturated heterocycles. The number of carboxylic acids is 2. The number of methoxy groups -OCH3 is 3. The molecule has 18 rings (SSSR count). The zero-order valence-electron chi connectivity index (χ0n) is 72.9. The average molecular weight is 1960 g/mol. The fourth-order valence-electron chi connectivity index (χ4n) is 17.6. The Bertz CT molecular complexity index is 6300. The van der Waals surface area contributed by atoms with E-state index in [2.05, 4.69) is 45.6 Å². The number of urea groups is 3. The SMILES string of the molecule is COC(=O)C1=C(CN2CCN3C(=O)N(c4ccc(/C=C/C(=O)O)cc4)C[C@@H]3C2)NC(c2nccs2)=N[C@H]1c1ccc(F)cc1Cl.COC(=O)C1=C(CN2CCN3C(=O)N(c4ccc(C(C)C(=O)O)cc4)C[C@@H]3C2)NC(c2nccs2)=N[C@H]1c1ccc(F)cc1Cl.COC(=O)C1=C(CN2CCN3C(=O)N(c4ccc(CCC(N)=O)cc4)C[C@@H]3C2)NC(c2nccs2)=N[C@H]1c1ccc(F)cc1Cl. The molecule has 0 bridgehead atoms. The number of aryl methyl sites for hydroxylation is 1. The van der Waals surface area contributed by atoms with Crippen LogP contribution in [0.3, 0.4) is 0 Å². The largest absolute Gasteiger partial charge is 0.481 e. The van der Waals surface area contributed by atoms with Crippen LogP contribution in [0.25, 0.3) is 6.08 Å². The van der Waals surface area contributed by atoms with Crippen LogP contribution in [0.5, 0.6) is 0 Å². The first kappa shape index (κ1) is 94.9. The minimum atomic E-state index is -1.03. The summed E-state index contributed by atoms with van der Waals surface area (Å²) < 4.78 is 57.5. The molecule has 1 unspecified atom stereocenters. The van der Waals surface area contributed by atoms with Gasteiger partial charge in [0.25, 0.3) is 0 Å². The first-order valence-corrected chi connectivity index (χ1v) is 46.5. The van der Waals surface area contributed by atoms with E-state index in [1.807, 2.05) is 55.1 Å². The minimum absolute atomic E-state index is 0.0565. The number of carbonyl (C=O) groups excluding carboxylic acids is 7. The van der Waals surface area contributed by atoms with Crippen LogP contribution < -0.4 is 36.4 Å². The number of aliphatic carboxylic acids is 2. The number of hydrogen-bond donors (Lipinski definition) is 6. The second kappa shape index (κ2) is 41.7. The van der Waals surface area contributed by atoms with Crippen LogP contribution in [-0.4, -0.2) is 264 Å². The number of amidine groups is 3. The number of thiazole rings is 3. The van der Waals surface area contributed by atoms with Gasteiger partial charge in [-0.3, -0.25) is 54.0 Å². The van der Waals surface area contributed by atoms with Crippen LogP contribution in [0.1, 0.15) is 85.8 Å². The lowest BCUT2D eigenvalue weighted by Crippen LogP contribution is -2.53. The fraction of sp³-hybridized carbons (Fsp3) is 0.301. The lowest BCUT2D eigenvalue weighted by Gasteiger charge is -2.38. The fourth-order valence-corrected chi connectivity index (χ4v) is 20.2. The van der Waals surface area contributed by atoms with Crippen LogP contribution >= 0.6 is 68.8 Å². The van der Waals surface area contributed by atoms with Gasteiger partial charge in [-0.25, -0.2) is 61.7 Å². The summed E-state index contributed by atoms with van der Waals surface area (Å²) in [5, 5.41) is 35.9. The normalized spacial score (nSPS) is 20.5. The number of esters is 3. The molecule has 0 saturated carbocycles. The maximum atomic E-state index is 14.0. The third-order valence-corrected chi connectivity index (χ3v) is 27.7. The predicted octanol–water partition coefficient (Wildman–Crippen LogP) is 11.9. The number of benzene rings is 6. The Hall–Kier alpha value is -13.3. The highest BCUT2D eigenvalue weighted by Crippen LogP contribution is 2.43. The van der Waals surface area contributed by atoms with Gasteiger partial charge in [0.1, 0.15) is 35.6 Å². The Kier molecular flexibility index (Phi) is 29.3. The number of nitrogens with two attached hydrogens (primary N) is 1. The number of anilines is 3. The Labute approximate surface area is 798 Å². The quantitative estimate of drug-likeness (QED) is 0.0176. The molecular formula is C93H89Cl3F3N19O14S3. The van der Waals surface area contributed by atoms with E-state index in [-0.39, 0.29) is 80.3 Å². The van der Waals surface area contributed by atoms with E-state index in [9.17, 15) is 61.4 Å². The molecule has 7 amide bonds. The summed E-state index contributed by atoms with van der Waals surface area (Å²) in [4.78, 5) is 158. The smallest absolute Gasteiger partial charge is 0.338 e. The van der Waals surface area contributed by atoms with Gasteiger partial charge in [-0.15, -0.1) is 34.0 Å². The van der Waals surface area contributed by atoms with E-state index in [1.54, 1.807) is 88.7 Å². The van der Waals surface area contributed by atoms with Crippen LogP contribution in [0.15, 0.2) is 217 Å². The third-order valence-electron chi connectivity index (χ3n) is 24.3. The number of primary amides is 1. The lowest BCUT2D eigenvalue weighted by molar-refractivity contribution is -0.139. The van der Waals surface area contributed by atoms with Gasteiger partial charge in [0.05, 0.1) is 62.1 Å². The number of aliphatic imine (C=N–C) groups is 3. The van der Waals surface area contributed by atoms with Gasteiger partial charge >= 0.3 is 47.9 Å². The van der Waals surface area contributed by atoms with E-state index in [1.165, 1.54) is 116 Å². The van der Waals surface area contributed by atoms with Crippen molar-refractivity contribution >= 4 is 163 Å². The summed E-state index contributed by atoms with van der Waals surface area (Å²) in [5.74, 6) is -4.82. The molecule has 12 heterocycles.